The van der Waals surface area contributed by atoms with E-state index in [0.717, 1.165) is 23.5 Å². The molecule has 0 unspecified atom stereocenters. The smallest absolute Gasteiger partial charge is 0.349 e. The predicted octanol–water partition coefficient (Wildman–Crippen LogP) is 3.62. The van der Waals surface area contributed by atoms with Crippen molar-refractivity contribution in [3.05, 3.63) is 28.6 Å². The third-order valence-electron chi connectivity index (χ3n) is 3.14. The first kappa shape index (κ1) is 17.0. The van der Waals surface area contributed by atoms with E-state index >= 15 is 0 Å². The number of aromatic nitrogens is 1. The first-order valence-corrected chi connectivity index (χ1v) is 7.25. The summed E-state index contributed by atoms with van der Waals surface area (Å²) in [5, 5.41) is 9.16. The molecule has 21 heavy (non-hydrogen) atoms. The van der Waals surface area contributed by atoms with Crippen molar-refractivity contribution in [3.63, 3.8) is 0 Å². The monoisotopic (exact) mass is 288 g/mol. The minimum atomic E-state index is -0.568. The Morgan fingerprint density at radius 3 is 2.48 bits per heavy atom. The lowest BCUT2D eigenvalue weighted by atomic mass is 10.1. The van der Waals surface area contributed by atoms with Crippen LogP contribution in [0.25, 0.3) is 6.08 Å². The van der Waals surface area contributed by atoms with E-state index in [4.69, 9.17) is 10.00 Å². The van der Waals surface area contributed by atoms with Crippen LogP contribution in [0.2, 0.25) is 0 Å². The highest BCUT2D eigenvalue weighted by molar-refractivity contribution is 5.98. The van der Waals surface area contributed by atoms with E-state index in [0.29, 0.717) is 5.92 Å². The van der Waals surface area contributed by atoms with Gasteiger partial charge in [-0.05, 0) is 51.3 Å². The fourth-order valence-corrected chi connectivity index (χ4v) is 2.19. The van der Waals surface area contributed by atoms with Gasteiger partial charge < -0.3 is 9.30 Å². The van der Waals surface area contributed by atoms with Crippen molar-refractivity contribution in [3.8, 4) is 6.07 Å². The van der Waals surface area contributed by atoms with Gasteiger partial charge in [0.2, 0.25) is 0 Å². The lowest BCUT2D eigenvalue weighted by Gasteiger charge is -2.12. The molecule has 0 aliphatic carbocycles. The maximum atomic E-state index is 11.9. The van der Waals surface area contributed by atoms with Crippen LogP contribution in [0.15, 0.2) is 11.6 Å². The fraction of sp³-hybridized carbons (Fsp3) is 0.529. The SMILES string of the molecule is Cc1cc(/C=C(\C#N)C(=O)OC(C)C)c(C)n1CC(C)C. The van der Waals surface area contributed by atoms with Gasteiger partial charge in [-0.1, -0.05) is 13.8 Å². The van der Waals surface area contributed by atoms with Gasteiger partial charge in [0.15, 0.2) is 0 Å². The second-order valence-corrected chi connectivity index (χ2v) is 5.95. The highest BCUT2D eigenvalue weighted by atomic mass is 16.5. The van der Waals surface area contributed by atoms with Crippen molar-refractivity contribution in [1.82, 2.24) is 4.57 Å². The molecule has 1 aromatic heterocycles. The molecule has 0 amide bonds. The van der Waals surface area contributed by atoms with E-state index in [2.05, 4.69) is 18.4 Å². The van der Waals surface area contributed by atoms with Gasteiger partial charge in [-0.25, -0.2) is 4.79 Å². The molecule has 1 aromatic rings. The number of carbonyl (C=O) groups excluding carboxylic acids is 1. The predicted molar refractivity (Wildman–Crippen MR) is 83.6 cm³/mol. The second-order valence-electron chi connectivity index (χ2n) is 5.95. The molecule has 0 saturated carbocycles. The van der Waals surface area contributed by atoms with E-state index in [9.17, 15) is 4.79 Å². The van der Waals surface area contributed by atoms with Crippen LogP contribution in [0.4, 0.5) is 0 Å². The lowest BCUT2D eigenvalue weighted by molar-refractivity contribution is -0.142. The summed E-state index contributed by atoms with van der Waals surface area (Å²) in [4.78, 5) is 11.9. The van der Waals surface area contributed by atoms with Crippen molar-refractivity contribution >= 4 is 12.0 Å². The molecule has 1 rings (SSSR count). The first-order chi connectivity index (χ1) is 9.76. The molecule has 114 valence electrons. The number of hydrogen-bond donors (Lipinski definition) is 0. The van der Waals surface area contributed by atoms with Gasteiger partial charge in [-0.15, -0.1) is 0 Å². The van der Waals surface area contributed by atoms with E-state index in [1.165, 1.54) is 0 Å². The standard InChI is InChI=1S/C17H24N2O2/c1-11(2)10-19-13(5)7-15(14(19)6)8-16(9-18)17(20)21-12(3)4/h7-8,11-12H,10H2,1-6H3/b16-8+. The molecule has 0 atom stereocenters. The van der Waals surface area contributed by atoms with Crippen LogP contribution in [0.3, 0.4) is 0 Å². The van der Waals surface area contributed by atoms with Crippen molar-refractivity contribution in [1.29, 1.82) is 5.26 Å². The number of aryl methyl sites for hydroxylation is 1. The summed E-state index contributed by atoms with van der Waals surface area (Å²) >= 11 is 0. The summed E-state index contributed by atoms with van der Waals surface area (Å²) in [7, 11) is 0. The van der Waals surface area contributed by atoms with Crippen LogP contribution in [-0.4, -0.2) is 16.6 Å². The Labute approximate surface area is 127 Å². The number of nitriles is 1. The minimum Gasteiger partial charge on any atom is -0.459 e. The van der Waals surface area contributed by atoms with Gasteiger partial charge in [0.25, 0.3) is 0 Å². The summed E-state index contributed by atoms with van der Waals surface area (Å²) in [5.74, 6) is -0.0332. The van der Waals surface area contributed by atoms with Crippen molar-refractivity contribution < 1.29 is 9.53 Å². The topological polar surface area (TPSA) is 55.0 Å². The molecule has 1 heterocycles. The zero-order valence-corrected chi connectivity index (χ0v) is 13.7. The van der Waals surface area contributed by atoms with E-state index in [1.54, 1.807) is 19.9 Å². The van der Waals surface area contributed by atoms with Crippen LogP contribution < -0.4 is 0 Å². The summed E-state index contributed by atoms with van der Waals surface area (Å²) in [5.41, 5.74) is 3.12. The average Bonchev–Trinajstić information content (AvgIpc) is 2.62. The number of ether oxygens (including phenoxy) is 1. The Balaban J connectivity index is 3.13. The number of nitrogens with zero attached hydrogens (tertiary/aromatic N) is 2. The third kappa shape index (κ3) is 4.49. The minimum absolute atomic E-state index is 0.0356. The molecule has 0 fully saturated rings. The summed E-state index contributed by atoms with van der Waals surface area (Å²) in [6.45, 7) is 12.8. The highest BCUT2D eigenvalue weighted by Crippen LogP contribution is 2.20. The molecule has 0 bridgehead atoms. The Bertz CT molecular complexity index is 587. The molecule has 0 spiro atoms. The molecule has 0 radical (unpaired) electrons. The quantitative estimate of drug-likeness (QED) is 0.472. The Morgan fingerprint density at radius 2 is 2.00 bits per heavy atom. The number of hydrogen-bond acceptors (Lipinski definition) is 3. The number of rotatable bonds is 5. The van der Waals surface area contributed by atoms with Gasteiger partial charge in [0, 0.05) is 17.9 Å². The summed E-state index contributed by atoms with van der Waals surface area (Å²) in [6, 6.07) is 3.93. The van der Waals surface area contributed by atoms with Crippen molar-refractivity contribution in [2.75, 3.05) is 0 Å². The van der Waals surface area contributed by atoms with Crippen LogP contribution in [0, 0.1) is 31.1 Å². The highest BCUT2D eigenvalue weighted by Gasteiger charge is 2.15. The van der Waals surface area contributed by atoms with Gasteiger partial charge in [0.05, 0.1) is 6.10 Å². The number of carbonyl (C=O) groups is 1. The Morgan fingerprint density at radius 1 is 1.38 bits per heavy atom. The molecular weight excluding hydrogens is 264 g/mol. The zero-order valence-electron chi connectivity index (χ0n) is 13.7. The van der Waals surface area contributed by atoms with Gasteiger partial charge in [-0.3, -0.25) is 0 Å². The average molecular weight is 288 g/mol. The summed E-state index contributed by atoms with van der Waals surface area (Å²) in [6.07, 6.45) is 1.38. The van der Waals surface area contributed by atoms with E-state index in [1.807, 2.05) is 26.0 Å². The molecule has 4 heteroatoms. The normalized spacial score (nSPS) is 11.9. The summed E-state index contributed by atoms with van der Waals surface area (Å²) < 4.78 is 7.29. The zero-order chi connectivity index (χ0) is 16.2. The van der Waals surface area contributed by atoms with Crippen molar-refractivity contribution in [2.24, 2.45) is 5.92 Å². The number of esters is 1. The van der Waals surface area contributed by atoms with Crippen LogP contribution in [0.1, 0.15) is 44.6 Å². The Hall–Kier alpha value is -2.02. The fourth-order valence-electron chi connectivity index (χ4n) is 2.19. The molecular formula is C17H24N2O2. The van der Waals surface area contributed by atoms with Gasteiger partial charge in [-0.2, -0.15) is 5.26 Å². The first-order valence-electron chi connectivity index (χ1n) is 7.25. The van der Waals surface area contributed by atoms with E-state index in [-0.39, 0.29) is 11.7 Å². The maximum absolute atomic E-state index is 11.9. The molecule has 0 aromatic carbocycles. The second kappa shape index (κ2) is 7.12. The molecule has 0 saturated heterocycles. The molecule has 0 aliphatic rings. The van der Waals surface area contributed by atoms with Crippen LogP contribution >= 0.6 is 0 Å². The molecule has 4 nitrogen and oxygen atoms in total. The van der Waals surface area contributed by atoms with Crippen molar-refractivity contribution in [2.45, 2.75) is 54.2 Å². The third-order valence-corrected chi connectivity index (χ3v) is 3.14. The molecule has 0 aliphatic heterocycles. The van der Waals surface area contributed by atoms with Gasteiger partial charge in [0.1, 0.15) is 11.6 Å². The van der Waals surface area contributed by atoms with Gasteiger partial charge >= 0.3 is 5.97 Å². The van der Waals surface area contributed by atoms with Crippen LogP contribution in [0.5, 0.6) is 0 Å². The maximum Gasteiger partial charge on any atom is 0.349 e. The molecule has 0 N–H and O–H groups in total. The largest absolute Gasteiger partial charge is 0.459 e. The van der Waals surface area contributed by atoms with Crippen LogP contribution in [-0.2, 0) is 16.1 Å². The lowest BCUT2D eigenvalue weighted by Crippen LogP contribution is -2.12. The Kier molecular flexibility index (Phi) is 5.78. The van der Waals surface area contributed by atoms with E-state index < -0.39 is 5.97 Å².